The molecule has 330 valence electrons. The molecule has 2 saturated heterocycles. The average Bonchev–Trinajstić information content (AvgIpc) is 3.61. The maximum Gasteiger partial charge on any atom is 0.0526 e. The Balaban J connectivity index is 2.21. The van der Waals surface area contributed by atoms with Crippen LogP contribution in [0.5, 0.6) is 0 Å². The molecule has 2 aliphatic heterocycles. The van der Waals surface area contributed by atoms with E-state index in [9.17, 15) is 0 Å². The van der Waals surface area contributed by atoms with Crippen LogP contribution in [0.3, 0.4) is 0 Å². The molecule has 0 N–H and O–H groups in total. The summed E-state index contributed by atoms with van der Waals surface area (Å²) >= 11 is 0. The minimum atomic E-state index is -1.67. The topological polar surface area (TPSA) is 0 Å². The van der Waals surface area contributed by atoms with E-state index in [1.54, 1.807) is 11.1 Å². The maximum absolute atomic E-state index is 2.86. The molecule has 0 unspecified atom stereocenters. The van der Waals surface area contributed by atoms with Gasteiger partial charge in [0.25, 0.3) is 0 Å². The molecule has 0 radical (unpaired) electrons. The third kappa shape index (κ3) is 8.28. The molecular formula is C48H96P2Si8. The molecule has 2 fully saturated rings. The van der Waals surface area contributed by atoms with Crippen molar-refractivity contribution in [2.24, 2.45) is 0 Å². The lowest BCUT2D eigenvalue weighted by molar-refractivity contribution is 0.662. The van der Waals surface area contributed by atoms with Crippen molar-refractivity contribution in [3.05, 3.63) is 71.8 Å². The van der Waals surface area contributed by atoms with Gasteiger partial charge >= 0.3 is 0 Å². The molecule has 2 aromatic carbocycles. The fourth-order valence-electron chi connectivity index (χ4n) is 15.9. The van der Waals surface area contributed by atoms with Gasteiger partial charge in [0.1, 0.15) is 0 Å². The lowest BCUT2D eigenvalue weighted by atomic mass is 9.93. The van der Waals surface area contributed by atoms with Gasteiger partial charge in [-0.2, -0.15) is 0 Å². The highest BCUT2D eigenvalue weighted by Crippen LogP contribution is 2.84. The molecule has 2 aliphatic rings. The smallest absolute Gasteiger partial charge is 0.0526 e. The summed E-state index contributed by atoms with van der Waals surface area (Å²) < 4.78 is 2.31. The van der Waals surface area contributed by atoms with Crippen molar-refractivity contribution >= 4 is 80.4 Å². The fourth-order valence-corrected chi connectivity index (χ4v) is 99.8. The summed E-state index contributed by atoms with van der Waals surface area (Å²) in [6, 6.07) is 24.9. The van der Waals surface area contributed by atoms with Gasteiger partial charge in [0.2, 0.25) is 0 Å². The number of benzene rings is 2. The van der Waals surface area contributed by atoms with Crippen molar-refractivity contribution in [2.45, 2.75) is 218 Å². The van der Waals surface area contributed by atoms with E-state index >= 15 is 0 Å². The third-order valence-electron chi connectivity index (χ3n) is 17.0. The van der Waals surface area contributed by atoms with Crippen LogP contribution in [-0.4, -0.2) is 88.4 Å². The molecule has 0 aliphatic carbocycles. The summed E-state index contributed by atoms with van der Waals surface area (Å²) in [4.78, 5) is 0. The highest BCUT2D eigenvalue weighted by molar-refractivity contribution is 7.75. The lowest BCUT2D eigenvalue weighted by Gasteiger charge is -2.64. The van der Waals surface area contributed by atoms with Crippen molar-refractivity contribution in [1.29, 1.82) is 0 Å². The zero-order valence-corrected chi connectivity index (χ0v) is 52.9. The number of rotatable bonds is 15. The molecule has 58 heavy (non-hydrogen) atoms. The van der Waals surface area contributed by atoms with Crippen molar-refractivity contribution in [3.63, 3.8) is 0 Å². The van der Waals surface area contributed by atoms with E-state index in [-0.39, 0.29) is 15.8 Å². The van der Waals surface area contributed by atoms with Gasteiger partial charge in [-0.25, -0.2) is 0 Å². The monoisotopic (exact) mass is 959 g/mol. The summed E-state index contributed by atoms with van der Waals surface area (Å²) in [5, 5.41) is 0. The van der Waals surface area contributed by atoms with E-state index in [0.29, 0.717) is 29.2 Å². The van der Waals surface area contributed by atoms with E-state index in [2.05, 4.69) is 218 Å². The average molecular weight is 960 g/mol. The van der Waals surface area contributed by atoms with E-state index in [1.165, 1.54) is 38.3 Å². The molecule has 2 heterocycles. The highest BCUT2D eigenvalue weighted by atomic mass is 31.1. The molecule has 0 nitrogen and oxygen atoms in total. The van der Waals surface area contributed by atoms with E-state index < -0.39 is 64.6 Å². The molecular weight excluding hydrogens is 863 g/mol. The molecule has 10 heteroatoms. The van der Waals surface area contributed by atoms with Gasteiger partial charge in [0, 0.05) is 5.66 Å². The first-order chi connectivity index (χ1) is 25.8. The third-order valence-corrected chi connectivity index (χ3v) is 85.4. The Kier molecular flexibility index (Phi) is 14.7. The largest absolute Gasteiger partial charge is 0.104 e. The second-order valence-electron chi connectivity index (χ2n) is 27.7. The van der Waals surface area contributed by atoms with E-state index in [1.807, 2.05) is 0 Å². The molecule has 4 rings (SSSR count). The summed E-state index contributed by atoms with van der Waals surface area (Å²) in [5.41, 5.74) is 4.06. The first-order valence-electron chi connectivity index (χ1n) is 23.5. The summed E-state index contributed by atoms with van der Waals surface area (Å²) in [6.45, 7) is 68.5. The standard InChI is InChI=1S/C48H96P2Si8/c1-51(2,3)45(52(4,5)6)35-36-46(53(7,8)9,54(10,11)12)49(45)40-43(41-31-27-25-28-32-41)39-44(42-33-29-26-30-34-42)50-47(55(13,14)15,56(16,17)18)37-38-48(50,57(19,20)21)58(22,23)24/h25-34,43-44H,35-40H2,1-24H3/t43-,44+/m1/s1. The predicted molar refractivity (Wildman–Crippen MR) is 298 cm³/mol. The van der Waals surface area contributed by atoms with Crippen LogP contribution in [0.4, 0.5) is 0 Å². The molecule has 2 atom stereocenters. The van der Waals surface area contributed by atoms with Crippen LogP contribution >= 0.6 is 15.8 Å². The highest BCUT2D eigenvalue weighted by Gasteiger charge is 2.74. The maximum atomic E-state index is 2.86. The Morgan fingerprint density at radius 3 is 0.914 bits per heavy atom. The Morgan fingerprint density at radius 1 is 0.379 bits per heavy atom. The van der Waals surface area contributed by atoms with Crippen LogP contribution in [0.25, 0.3) is 0 Å². The molecule has 0 aromatic heterocycles. The summed E-state index contributed by atoms with van der Waals surface area (Å²) in [5.74, 6) is 0.611. The zero-order valence-electron chi connectivity index (χ0n) is 43.1. The van der Waals surface area contributed by atoms with Gasteiger partial charge in [-0.1, -0.05) is 226 Å². The van der Waals surface area contributed by atoms with Gasteiger partial charge in [-0.05, 0) is 72.9 Å². The van der Waals surface area contributed by atoms with Gasteiger partial charge in [0.15, 0.2) is 0 Å². The van der Waals surface area contributed by atoms with Crippen LogP contribution in [-0.2, 0) is 0 Å². The predicted octanol–water partition coefficient (Wildman–Crippen LogP) is 17.4. The molecule has 2 aromatic rings. The Hall–Kier alpha value is 1.04. The van der Waals surface area contributed by atoms with Crippen LogP contribution in [0.1, 0.15) is 54.8 Å². The quantitative estimate of drug-likeness (QED) is 0.123. The SMILES string of the molecule is C[Si](C)(C)C1([Si](C)(C)C)CCC([Si](C)(C)C)([Si](C)(C)C)P1C[C@@H](C[C@@H](c1ccccc1)P1C([Si](C)(C)C)([Si](C)(C)C)CCC1([Si](C)(C)C)[Si](C)(C)C)c1ccccc1. The summed E-state index contributed by atoms with van der Waals surface area (Å²) in [7, 11) is -13.6. The van der Waals surface area contributed by atoms with Crippen LogP contribution in [0.15, 0.2) is 60.7 Å². The molecule has 0 bridgehead atoms. The van der Waals surface area contributed by atoms with E-state index in [4.69, 9.17) is 0 Å². The summed E-state index contributed by atoms with van der Waals surface area (Å²) in [6.07, 6.45) is 8.97. The molecule has 0 amide bonds. The van der Waals surface area contributed by atoms with Crippen molar-refractivity contribution in [2.75, 3.05) is 6.16 Å². The normalized spacial score (nSPS) is 22.3. The van der Waals surface area contributed by atoms with Crippen molar-refractivity contribution < 1.29 is 0 Å². The molecule has 0 spiro atoms. The van der Waals surface area contributed by atoms with Gasteiger partial charge < -0.3 is 0 Å². The van der Waals surface area contributed by atoms with Crippen molar-refractivity contribution in [1.82, 2.24) is 0 Å². The second-order valence-corrected chi connectivity index (χ2v) is 81.5. The van der Waals surface area contributed by atoms with Gasteiger partial charge in [-0.3, -0.25) is 0 Å². The van der Waals surface area contributed by atoms with Crippen LogP contribution < -0.4 is 0 Å². The fraction of sp³-hybridized carbons (Fsp3) is 0.750. The lowest BCUT2D eigenvalue weighted by Crippen LogP contribution is -2.69. The Bertz CT molecular complexity index is 1550. The minimum Gasteiger partial charge on any atom is -0.104 e. The number of hydrogen-bond donors (Lipinski definition) is 0. The Morgan fingerprint density at radius 2 is 0.638 bits per heavy atom. The minimum absolute atomic E-state index is 0.217. The van der Waals surface area contributed by atoms with Crippen LogP contribution in [0.2, 0.25) is 157 Å². The second kappa shape index (κ2) is 16.5. The van der Waals surface area contributed by atoms with Crippen LogP contribution in [0, 0.1) is 0 Å². The Labute approximate surface area is 374 Å². The van der Waals surface area contributed by atoms with E-state index in [0.717, 1.165) is 0 Å². The zero-order chi connectivity index (χ0) is 44.8. The van der Waals surface area contributed by atoms with Gasteiger partial charge in [-0.15, -0.1) is 7.92 Å². The first-order valence-corrected chi connectivity index (χ1v) is 54.4. The van der Waals surface area contributed by atoms with Gasteiger partial charge in [0.05, 0.1) is 64.6 Å². The number of hydrogen-bond acceptors (Lipinski definition) is 0. The molecule has 0 saturated carbocycles. The first kappa shape index (κ1) is 51.7. The van der Waals surface area contributed by atoms with Crippen molar-refractivity contribution in [3.8, 4) is 0 Å².